The van der Waals surface area contributed by atoms with E-state index in [0.717, 1.165) is 25.7 Å². The Kier molecular flexibility index (Phi) is 8.92. The van der Waals surface area contributed by atoms with Gasteiger partial charge in [0.15, 0.2) is 0 Å². The predicted molar refractivity (Wildman–Crippen MR) is 287 cm³/mol. The molecule has 0 radical (unpaired) electrons. The van der Waals surface area contributed by atoms with Crippen molar-refractivity contribution in [2.75, 3.05) is 9.80 Å². The molecule has 0 fully saturated rings. The molecule has 312 valence electrons. The molecule has 0 saturated heterocycles. The number of hydrogen-bond donors (Lipinski definition) is 0. The number of aryl methyl sites for hydroxylation is 4. The molecule has 0 aliphatic carbocycles. The van der Waals surface area contributed by atoms with Crippen molar-refractivity contribution in [2.24, 2.45) is 0 Å². The van der Waals surface area contributed by atoms with E-state index in [1.54, 1.807) is 0 Å². The number of rotatable bonds is 7. The third kappa shape index (κ3) is 5.71. The SMILES string of the molecule is CCc1ccc(N2c3cccc4c3B(c3sc5ccc(CC)cc5c32)c2sc3ccc(CC)cc3c2N4c2ccc(CC)c(-c3ccc4c5ccccc5c5ccccc5c4c3)c2)cc1. The normalized spacial score (nSPS) is 13.1. The minimum Gasteiger partial charge on any atom is -0.310 e. The minimum absolute atomic E-state index is 0.108. The summed E-state index contributed by atoms with van der Waals surface area (Å²) in [6.45, 7) is 9.20. The van der Waals surface area contributed by atoms with E-state index in [-0.39, 0.29) is 6.71 Å². The molecule has 5 heteroatoms. The number of fused-ring (bicyclic) bond motifs is 14. The summed E-state index contributed by atoms with van der Waals surface area (Å²) in [5.74, 6) is 0. The van der Waals surface area contributed by atoms with Gasteiger partial charge in [0.1, 0.15) is 0 Å². The molecule has 65 heavy (non-hydrogen) atoms. The van der Waals surface area contributed by atoms with E-state index >= 15 is 0 Å². The van der Waals surface area contributed by atoms with Gasteiger partial charge in [-0.3, -0.25) is 0 Å². The fourth-order valence-corrected chi connectivity index (χ4v) is 13.9. The molecule has 2 aliphatic rings. The van der Waals surface area contributed by atoms with Gasteiger partial charge in [-0.05, 0) is 164 Å². The number of benzene rings is 9. The fourth-order valence-electron chi connectivity index (χ4n) is 11.2. The van der Waals surface area contributed by atoms with Gasteiger partial charge in [-0.1, -0.05) is 125 Å². The average Bonchev–Trinajstić information content (AvgIpc) is 3.94. The maximum absolute atomic E-state index is 2.64. The van der Waals surface area contributed by atoms with E-state index in [2.05, 4.69) is 201 Å². The van der Waals surface area contributed by atoms with Crippen LogP contribution in [0.5, 0.6) is 0 Å². The largest absolute Gasteiger partial charge is 0.310 e. The Bertz CT molecular complexity index is 3710. The highest BCUT2D eigenvalue weighted by Crippen LogP contribution is 2.51. The van der Waals surface area contributed by atoms with E-state index in [4.69, 9.17) is 0 Å². The highest BCUT2D eigenvalue weighted by Gasteiger charge is 2.47. The third-order valence-corrected chi connectivity index (χ3v) is 17.0. The lowest BCUT2D eigenvalue weighted by atomic mass is 9.39. The lowest BCUT2D eigenvalue weighted by Crippen LogP contribution is -2.59. The van der Waals surface area contributed by atoms with Gasteiger partial charge in [0.2, 0.25) is 0 Å². The van der Waals surface area contributed by atoms with Crippen LogP contribution in [0, 0.1) is 0 Å². The summed E-state index contributed by atoms with van der Waals surface area (Å²) < 4.78 is 5.57. The first-order chi connectivity index (χ1) is 32.0. The van der Waals surface area contributed by atoms with Crippen LogP contribution in [0.1, 0.15) is 49.9 Å². The van der Waals surface area contributed by atoms with Crippen molar-refractivity contribution in [3.05, 3.63) is 186 Å². The van der Waals surface area contributed by atoms with Crippen LogP contribution in [-0.4, -0.2) is 6.71 Å². The molecule has 13 rings (SSSR count). The summed E-state index contributed by atoms with van der Waals surface area (Å²) in [5, 5.41) is 10.5. The fraction of sp³-hybridized carbons (Fsp3) is 0.133. The van der Waals surface area contributed by atoms with Crippen LogP contribution in [0.3, 0.4) is 0 Å². The van der Waals surface area contributed by atoms with Crippen LogP contribution in [0.15, 0.2) is 164 Å². The summed E-state index contributed by atoms with van der Waals surface area (Å²) >= 11 is 3.99. The van der Waals surface area contributed by atoms with Gasteiger partial charge in [0.25, 0.3) is 6.71 Å². The summed E-state index contributed by atoms with van der Waals surface area (Å²) in [6.07, 6.45) is 3.97. The number of hydrogen-bond acceptors (Lipinski definition) is 4. The Labute approximate surface area is 389 Å². The molecule has 0 amide bonds. The minimum atomic E-state index is 0.108. The van der Waals surface area contributed by atoms with Crippen molar-refractivity contribution in [3.63, 3.8) is 0 Å². The van der Waals surface area contributed by atoms with Crippen LogP contribution in [-0.2, 0) is 25.7 Å². The second-order valence-electron chi connectivity index (χ2n) is 17.9. The molecule has 0 N–H and O–H groups in total. The Morgan fingerprint density at radius 2 is 0.908 bits per heavy atom. The van der Waals surface area contributed by atoms with Gasteiger partial charge >= 0.3 is 0 Å². The van der Waals surface area contributed by atoms with Gasteiger partial charge in [-0.25, -0.2) is 0 Å². The van der Waals surface area contributed by atoms with E-state index in [1.807, 2.05) is 22.7 Å². The highest BCUT2D eigenvalue weighted by molar-refractivity contribution is 7.40. The number of anilines is 6. The molecule has 2 aliphatic heterocycles. The highest BCUT2D eigenvalue weighted by atomic mass is 32.1. The average molecular weight is 871 g/mol. The second kappa shape index (κ2) is 15.0. The number of thiophene rings is 2. The van der Waals surface area contributed by atoms with E-state index in [0.29, 0.717) is 0 Å². The quantitative estimate of drug-likeness (QED) is 0.116. The van der Waals surface area contributed by atoms with Gasteiger partial charge in [0.05, 0.1) is 11.4 Å². The standard InChI is InChI=1S/C60H47BN2S2/c1-5-36-20-26-41(27-21-36)62-52-18-13-19-53-56(52)61(59-57(62)50-32-37(6-2)22-30-54(50)64-59)60-58(51-33-38(7-3)23-31-55(51)65-60)63(53)42-28-24-39(8-4)48(35-42)40-25-29-47-45-16-10-9-14-43(45)44-15-11-12-17-46(44)49(47)34-40/h9-35H,5-8H2,1-4H3. The summed E-state index contributed by atoms with van der Waals surface area (Å²) in [4.78, 5) is 5.24. The first kappa shape index (κ1) is 38.8. The second-order valence-corrected chi connectivity index (χ2v) is 20.0. The van der Waals surface area contributed by atoms with E-state index in [9.17, 15) is 0 Å². The van der Waals surface area contributed by atoms with Crippen molar-refractivity contribution in [1.29, 1.82) is 0 Å². The van der Waals surface area contributed by atoms with Crippen LogP contribution < -0.4 is 24.8 Å². The Hall–Kier alpha value is -6.66. The molecule has 9 aromatic carbocycles. The third-order valence-electron chi connectivity index (χ3n) is 14.5. The maximum Gasteiger partial charge on any atom is 0.277 e. The molecular formula is C60H47BN2S2. The molecule has 0 bridgehead atoms. The Morgan fingerprint density at radius 3 is 1.46 bits per heavy atom. The maximum atomic E-state index is 2.64. The zero-order chi connectivity index (χ0) is 43.5. The van der Waals surface area contributed by atoms with Gasteiger partial charge in [-0.2, -0.15) is 0 Å². The topological polar surface area (TPSA) is 6.48 Å². The smallest absolute Gasteiger partial charge is 0.277 e. The van der Waals surface area contributed by atoms with Crippen LogP contribution in [0.2, 0.25) is 0 Å². The zero-order valence-electron chi connectivity index (χ0n) is 37.2. The first-order valence-corrected chi connectivity index (χ1v) is 25.1. The predicted octanol–water partition coefficient (Wildman–Crippen LogP) is 15.6. The van der Waals surface area contributed by atoms with Crippen LogP contribution in [0.25, 0.3) is 63.6 Å². The van der Waals surface area contributed by atoms with E-state index < -0.39 is 0 Å². The lowest BCUT2D eigenvalue weighted by molar-refractivity contribution is 1.14. The van der Waals surface area contributed by atoms with Crippen LogP contribution >= 0.6 is 22.7 Å². The lowest BCUT2D eigenvalue weighted by Gasteiger charge is -2.42. The van der Waals surface area contributed by atoms with E-state index in [1.165, 1.54) is 135 Å². The molecule has 0 spiro atoms. The van der Waals surface area contributed by atoms with Crippen molar-refractivity contribution in [2.45, 2.75) is 53.4 Å². The molecule has 2 nitrogen and oxygen atoms in total. The molecule has 4 heterocycles. The Morgan fingerprint density at radius 1 is 0.400 bits per heavy atom. The summed E-state index contributed by atoms with van der Waals surface area (Å²) in [6, 6.07) is 63.1. The molecule has 2 aromatic heterocycles. The van der Waals surface area contributed by atoms with Crippen molar-refractivity contribution >= 4 is 131 Å². The monoisotopic (exact) mass is 870 g/mol. The van der Waals surface area contributed by atoms with Crippen molar-refractivity contribution in [3.8, 4) is 11.1 Å². The molecule has 0 unspecified atom stereocenters. The molecule has 11 aromatic rings. The molecular weight excluding hydrogens is 824 g/mol. The van der Waals surface area contributed by atoms with Gasteiger partial charge < -0.3 is 9.80 Å². The van der Waals surface area contributed by atoms with Gasteiger partial charge in [0, 0.05) is 52.5 Å². The summed E-state index contributed by atoms with van der Waals surface area (Å²) in [7, 11) is 0. The molecule has 0 atom stereocenters. The van der Waals surface area contributed by atoms with Crippen molar-refractivity contribution in [1.82, 2.24) is 0 Å². The first-order valence-electron chi connectivity index (χ1n) is 23.4. The van der Waals surface area contributed by atoms with Crippen LogP contribution in [0.4, 0.5) is 34.1 Å². The Balaban J connectivity index is 1.08. The van der Waals surface area contributed by atoms with Crippen molar-refractivity contribution < 1.29 is 0 Å². The molecule has 0 saturated carbocycles. The number of nitrogens with zero attached hydrogens (tertiary/aromatic N) is 2. The zero-order valence-corrected chi connectivity index (χ0v) is 38.8. The van der Waals surface area contributed by atoms with Gasteiger partial charge in [-0.15, -0.1) is 22.7 Å². The summed E-state index contributed by atoms with van der Waals surface area (Å²) in [5.41, 5.74) is 17.0.